The van der Waals surface area contributed by atoms with Crippen LogP contribution in [0.25, 0.3) is 12.2 Å². The lowest BCUT2D eigenvalue weighted by atomic mass is 9.99. The van der Waals surface area contributed by atoms with Crippen molar-refractivity contribution in [1.29, 1.82) is 0 Å². The molecular weight excluding hydrogens is 194 g/mol. The maximum Gasteiger partial charge on any atom is -0.000813 e. The van der Waals surface area contributed by atoms with Crippen LogP contribution in [-0.4, -0.2) is 13.1 Å². The van der Waals surface area contributed by atoms with Crippen molar-refractivity contribution in [1.82, 2.24) is 5.32 Å². The average molecular weight is 215 g/mol. The third-order valence-electron chi connectivity index (χ3n) is 2.65. The molecule has 1 heteroatoms. The van der Waals surface area contributed by atoms with E-state index < -0.39 is 0 Å². The van der Waals surface area contributed by atoms with Crippen molar-refractivity contribution < 1.29 is 0 Å². The molecule has 0 aromatic heterocycles. The molecule has 0 saturated heterocycles. The van der Waals surface area contributed by atoms with E-state index in [1.165, 1.54) is 23.1 Å². The molecule has 0 unspecified atom stereocenters. The van der Waals surface area contributed by atoms with E-state index in [9.17, 15) is 0 Å². The van der Waals surface area contributed by atoms with Crippen molar-refractivity contribution in [2.75, 3.05) is 13.1 Å². The van der Waals surface area contributed by atoms with Gasteiger partial charge in [0.05, 0.1) is 0 Å². The van der Waals surface area contributed by atoms with Crippen LogP contribution in [0.2, 0.25) is 0 Å². The second kappa shape index (κ2) is 7.02. The molecule has 0 aliphatic carbocycles. The largest absolute Gasteiger partial charge is 0.316 e. The van der Waals surface area contributed by atoms with E-state index >= 15 is 0 Å². The molecule has 0 fully saturated rings. The summed E-state index contributed by atoms with van der Waals surface area (Å²) in [5.74, 6) is 0. The van der Waals surface area contributed by atoms with Gasteiger partial charge in [0.2, 0.25) is 0 Å². The van der Waals surface area contributed by atoms with Gasteiger partial charge in [0.1, 0.15) is 0 Å². The summed E-state index contributed by atoms with van der Waals surface area (Å²) in [6.45, 7) is 12.0. The number of rotatable bonds is 7. The first-order valence-corrected chi connectivity index (χ1v) is 5.91. The lowest BCUT2D eigenvalue weighted by molar-refractivity contribution is 0.671. The highest BCUT2D eigenvalue weighted by molar-refractivity contribution is 5.66. The zero-order valence-electron chi connectivity index (χ0n) is 10.1. The van der Waals surface area contributed by atoms with Crippen LogP contribution in [0.15, 0.2) is 31.4 Å². The summed E-state index contributed by atoms with van der Waals surface area (Å²) in [6.07, 6.45) is 6.04. The third-order valence-corrected chi connectivity index (χ3v) is 2.65. The number of nitrogens with one attached hydrogen (secondary N) is 1. The summed E-state index contributed by atoms with van der Waals surface area (Å²) < 4.78 is 0. The molecule has 0 radical (unpaired) electrons. The standard InChI is InChI=1S/C15H21N/c1-4-11-16-12-10-14-9-7-8-13(5-2)15(14)6-3/h5-9,16H,2-4,10-12H2,1H3. The topological polar surface area (TPSA) is 12.0 Å². The second-order valence-electron chi connectivity index (χ2n) is 3.83. The smallest absolute Gasteiger partial charge is 0.000813 e. The molecule has 0 amide bonds. The van der Waals surface area contributed by atoms with Crippen LogP contribution in [0.1, 0.15) is 30.0 Å². The van der Waals surface area contributed by atoms with Gasteiger partial charge in [-0.15, -0.1) is 0 Å². The van der Waals surface area contributed by atoms with Crippen LogP contribution in [0.4, 0.5) is 0 Å². The van der Waals surface area contributed by atoms with Crippen LogP contribution < -0.4 is 5.32 Å². The molecule has 0 bridgehead atoms. The molecule has 1 N–H and O–H groups in total. The monoisotopic (exact) mass is 215 g/mol. The molecule has 1 rings (SSSR count). The average Bonchev–Trinajstić information content (AvgIpc) is 2.34. The van der Waals surface area contributed by atoms with Crippen molar-refractivity contribution in [2.24, 2.45) is 0 Å². The fourth-order valence-electron chi connectivity index (χ4n) is 1.80. The van der Waals surface area contributed by atoms with Gasteiger partial charge in [0.25, 0.3) is 0 Å². The highest BCUT2D eigenvalue weighted by Crippen LogP contribution is 2.17. The van der Waals surface area contributed by atoms with Crippen molar-refractivity contribution in [3.8, 4) is 0 Å². The van der Waals surface area contributed by atoms with Gasteiger partial charge in [-0.1, -0.05) is 50.4 Å². The lowest BCUT2D eigenvalue weighted by Gasteiger charge is -2.09. The van der Waals surface area contributed by atoms with Crippen LogP contribution in [0.3, 0.4) is 0 Å². The van der Waals surface area contributed by atoms with Crippen LogP contribution >= 0.6 is 0 Å². The van der Waals surface area contributed by atoms with Gasteiger partial charge >= 0.3 is 0 Å². The van der Waals surface area contributed by atoms with Gasteiger partial charge < -0.3 is 5.32 Å². The Bertz CT molecular complexity index is 352. The molecule has 86 valence electrons. The minimum atomic E-state index is 1.02. The zero-order chi connectivity index (χ0) is 11.8. The number of hydrogen-bond donors (Lipinski definition) is 1. The molecule has 16 heavy (non-hydrogen) atoms. The first-order valence-electron chi connectivity index (χ1n) is 5.91. The van der Waals surface area contributed by atoms with Crippen molar-refractivity contribution in [2.45, 2.75) is 19.8 Å². The Kier molecular flexibility index (Phi) is 5.58. The normalized spacial score (nSPS) is 10.1. The van der Waals surface area contributed by atoms with Gasteiger partial charge in [-0.3, -0.25) is 0 Å². The molecular formula is C15H21N. The van der Waals surface area contributed by atoms with E-state index in [1.54, 1.807) is 0 Å². The Balaban J connectivity index is 2.71. The van der Waals surface area contributed by atoms with Crippen LogP contribution in [0.5, 0.6) is 0 Å². The van der Waals surface area contributed by atoms with E-state index in [4.69, 9.17) is 0 Å². The van der Waals surface area contributed by atoms with Crippen molar-refractivity contribution in [3.05, 3.63) is 48.0 Å². The Morgan fingerprint density at radius 3 is 2.62 bits per heavy atom. The molecule has 1 aromatic rings. The first kappa shape index (κ1) is 12.7. The maximum atomic E-state index is 3.88. The summed E-state index contributed by atoms with van der Waals surface area (Å²) in [5.41, 5.74) is 3.73. The van der Waals surface area contributed by atoms with E-state index in [1.807, 2.05) is 12.2 Å². The van der Waals surface area contributed by atoms with Crippen LogP contribution in [-0.2, 0) is 6.42 Å². The predicted molar refractivity (Wildman–Crippen MR) is 73.5 cm³/mol. The van der Waals surface area contributed by atoms with E-state index in [-0.39, 0.29) is 0 Å². The number of benzene rings is 1. The van der Waals surface area contributed by atoms with Gasteiger partial charge in [-0.2, -0.15) is 0 Å². The van der Waals surface area contributed by atoms with E-state index in [0.29, 0.717) is 0 Å². The van der Waals surface area contributed by atoms with Crippen LogP contribution in [0, 0.1) is 0 Å². The SMILES string of the molecule is C=Cc1cccc(CCNCCC)c1C=C. The third kappa shape index (κ3) is 3.35. The fourth-order valence-corrected chi connectivity index (χ4v) is 1.80. The molecule has 1 aromatic carbocycles. The summed E-state index contributed by atoms with van der Waals surface area (Å²) in [5, 5.41) is 3.41. The molecule has 0 atom stereocenters. The van der Waals surface area contributed by atoms with Crippen molar-refractivity contribution >= 4 is 12.2 Å². The Morgan fingerprint density at radius 1 is 1.19 bits per heavy atom. The Labute approximate surface area is 98.9 Å². The van der Waals surface area contributed by atoms with Gasteiger partial charge in [-0.05, 0) is 42.6 Å². The molecule has 1 nitrogen and oxygen atoms in total. The number of hydrogen-bond acceptors (Lipinski definition) is 1. The van der Waals surface area contributed by atoms with Gasteiger partial charge in [0, 0.05) is 0 Å². The van der Waals surface area contributed by atoms with E-state index in [2.05, 4.69) is 43.6 Å². The quantitative estimate of drug-likeness (QED) is 0.686. The van der Waals surface area contributed by atoms with E-state index in [0.717, 1.165) is 19.5 Å². The zero-order valence-corrected chi connectivity index (χ0v) is 10.1. The Hall–Kier alpha value is -1.34. The summed E-state index contributed by atoms with van der Waals surface area (Å²) in [7, 11) is 0. The fraction of sp³-hybridized carbons (Fsp3) is 0.333. The summed E-state index contributed by atoms with van der Waals surface area (Å²) in [6, 6.07) is 6.32. The predicted octanol–water partition coefficient (Wildman–Crippen LogP) is 3.51. The minimum Gasteiger partial charge on any atom is -0.316 e. The molecule has 0 saturated carbocycles. The first-order chi connectivity index (χ1) is 7.83. The van der Waals surface area contributed by atoms with Gasteiger partial charge in [0.15, 0.2) is 0 Å². The molecule has 0 aliphatic heterocycles. The molecule has 0 spiro atoms. The second-order valence-corrected chi connectivity index (χ2v) is 3.83. The lowest BCUT2D eigenvalue weighted by Crippen LogP contribution is -2.18. The minimum absolute atomic E-state index is 1.02. The molecule has 0 heterocycles. The molecule has 0 aliphatic rings. The highest BCUT2D eigenvalue weighted by Gasteiger charge is 2.02. The summed E-state index contributed by atoms with van der Waals surface area (Å²) in [4.78, 5) is 0. The van der Waals surface area contributed by atoms with Gasteiger partial charge in [-0.25, -0.2) is 0 Å². The maximum absolute atomic E-state index is 3.88. The van der Waals surface area contributed by atoms with Crippen molar-refractivity contribution in [3.63, 3.8) is 0 Å². The summed E-state index contributed by atoms with van der Waals surface area (Å²) >= 11 is 0. The highest BCUT2D eigenvalue weighted by atomic mass is 14.8. The Morgan fingerprint density at radius 2 is 2.00 bits per heavy atom.